The van der Waals surface area contributed by atoms with Crippen LogP contribution < -0.4 is 9.47 Å². The molecule has 2 aromatic carbocycles. The van der Waals surface area contributed by atoms with Crippen LogP contribution in [-0.2, 0) is 0 Å². The lowest BCUT2D eigenvalue weighted by atomic mass is 10.2. The Labute approximate surface area is 190 Å². The summed E-state index contributed by atoms with van der Waals surface area (Å²) in [5.41, 5.74) is 1.71. The highest BCUT2D eigenvalue weighted by Crippen LogP contribution is 2.33. The van der Waals surface area contributed by atoms with Gasteiger partial charge in [0.1, 0.15) is 11.5 Å². The zero-order valence-corrected chi connectivity index (χ0v) is 20.5. The Bertz CT molecular complexity index is 657. The summed E-state index contributed by atoms with van der Waals surface area (Å²) in [6.45, 7) is 12.9. The Balaban J connectivity index is 0.00000171. The monoisotopic (exact) mass is 466 g/mol. The van der Waals surface area contributed by atoms with Crippen LogP contribution in [0.4, 0.5) is 0 Å². The first kappa shape index (κ1) is 27.2. The molecule has 0 heterocycles. The van der Waals surface area contributed by atoms with Crippen LogP contribution in [0.25, 0.3) is 0 Å². The number of rotatable bonds is 7. The molecule has 0 radical (unpaired) electrons. The molecule has 2 aromatic rings. The molecular formula is C22H30Cl4O2. The molecule has 2 rings (SSSR count). The lowest BCUT2D eigenvalue weighted by Gasteiger charge is -2.12. The van der Waals surface area contributed by atoms with E-state index in [0.29, 0.717) is 33.3 Å². The maximum atomic E-state index is 6.10. The first-order chi connectivity index (χ1) is 13.4. The highest BCUT2D eigenvalue weighted by molar-refractivity contribution is 6.43. The van der Waals surface area contributed by atoms with E-state index in [1.54, 1.807) is 12.1 Å². The fourth-order valence-corrected chi connectivity index (χ4v) is 2.87. The van der Waals surface area contributed by atoms with Crippen molar-refractivity contribution in [3.63, 3.8) is 0 Å². The number of hydrogen-bond donors (Lipinski definition) is 0. The van der Waals surface area contributed by atoms with Crippen molar-refractivity contribution in [3.05, 3.63) is 55.5 Å². The van der Waals surface area contributed by atoms with Gasteiger partial charge in [0.05, 0.1) is 33.3 Å². The van der Waals surface area contributed by atoms with E-state index in [9.17, 15) is 0 Å². The van der Waals surface area contributed by atoms with Crippen molar-refractivity contribution in [1.82, 2.24) is 0 Å². The summed E-state index contributed by atoms with van der Waals surface area (Å²) in [7, 11) is 0. The van der Waals surface area contributed by atoms with Gasteiger partial charge in [0, 0.05) is 11.1 Å². The van der Waals surface area contributed by atoms with Crippen LogP contribution in [0, 0.1) is 13.8 Å². The van der Waals surface area contributed by atoms with Gasteiger partial charge in [0.15, 0.2) is 0 Å². The van der Waals surface area contributed by atoms with E-state index >= 15 is 0 Å². The standard InChI is InChI=1S/C18H18Cl4O2.2C2H6/c1-11-15(7-5-13(19)17(11)21)23-9-3-4-10-24-16-8-6-14(20)18(22)12(16)2;2*1-2/h5-8H,3-4,9-10H2,1-2H3;2*1-2H3. The molecule has 6 heteroatoms. The van der Waals surface area contributed by atoms with Crippen molar-refractivity contribution in [2.24, 2.45) is 0 Å². The summed E-state index contributed by atoms with van der Waals surface area (Å²) in [6, 6.07) is 7.14. The zero-order chi connectivity index (χ0) is 21.7. The van der Waals surface area contributed by atoms with Crippen molar-refractivity contribution in [1.29, 1.82) is 0 Å². The summed E-state index contributed by atoms with van der Waals surface area (Å²) in [5, 5.41) is 2.14. The average molecular weight is 468 g/mol. The fraction of sp³-hybridized carbons (Fsp3) is 0.455. The molecule has 0 fully saturated rings. The maximum Gasteiger partial charge on any atom is 0.123 e. The number of benzene rings is 2. The minimum Gasteiger partial charge on any atom is -0.493 e. The van der Waals surface area contributed by atoms with Crippen LogP contribution in [0.3, 0.4) is 0 Å². The molecule has 0 saturated carbocycles. The van der Waals surface area contributed by atoms with Gasteiger partial charge in [-0.1, -0.05) is 74.1 Å². The number of unbranched alkanes of at least 4 members (excludes halogenated alkanes) is 1. The Morgan fingerprint density at radius 3 is 1.25 bits per heavy atom. The molecular weight excluding hydrogens is 438 g/mol. The predicted molar refractivity (Wildman–Crippen MR) is 125 cm³/mol. The fourth-order valence-electron chi connectivity index (χ4n) is 2.15. The molecule has 0 aliphatic rings. The van der Waals surface area contributed by atoms with Gasteiger partial charge in [-0.2, -0.15) is 0 Å². The molecule has 158 valence electrons. The molecule has 0 amide bonds. The molecule has 0 aliphatic carbocycles. The minimum atomic E-state index is 0.534. The molecule has 0 unspecified atom stereocenters. The summed E-state index contributed by atoms with van der Waals surface area (Å²) in [4.78, 5) is 0. The second-order valence-electron chi connectivity index (χ2n) is 5.37. The highest BCUT2D eigenvalue weighted by Gasteiger charge is 2.09. The van der Waals surface area contributed by atoms with Crippen molar-refractivity contribution in [2.75, 3.05) is 13.2 Å². The molecule has 0 atom stereocenters. The second kappa shape index (κ2) is 15.1. The van der Waals surface area contributed by atoms with Crippen molar-refractivity contribution >= 4 is 46.4 Å². The number of halogens is 4. The zero-order valence-electron chi connectivity index (χ0n) is 17.5. The first-order valence-electron chi connectivity index (χ1n) is 9.56. The molecule has 0 spiro atoms. The van der Waals surface area contributed by atoms with Crippen LogP contribution in [0.5, 0.6) is 11.5 Å². The van der Waals surface area contributed by atoms with E-state index in [1.165, 1.54) is 0 Å². The smallest absolute Gasteiger partial charge is 0.123 e. The van der Waals surface area contributed by atoms with E-state index in [2.05, 4.69) is 0 Å². The van der Waals surface area contributed by atoms with E-state index in [1.807, 2.05) is 53.7 Å². The minimum absolute atomic E-state index is 0.534. The lowest BCUT2D eigenvalue weighted by molar-refractivity contribution is 0.265. The summed E-state index contributed by atoms with van der Waals surface area (Å²) >= 11 is 24.1. The van der Waals surface area contributed by atoms with E-state index in [-0.39, 0.29) is 0 Å². The van der Waals surface area contributed by atoms with Gasteiger partial charge in [0.25, 0.3) is 0 Å². The first-order valence-corrected chi connectivity index (χ1v) is 11.1. The number of hydrogen-bond acceptors (Lipinski definition) is 2. The third-order valence-electron chi connectivity index (χ3n) is 3.63. The summed E-state index contributed by atoms with van der Waals surface area (Å²) < 4.78 is 11.5. The molecule has 2 nitrogen and oxygen atoms in total. The SMILES string of the molecule is CC.CC.Cc1c(OCCCCOc2ccc(Cl)c(Cl)c2C)ccc(Cl)c1Cl. The molecule has 0 bridgehead atoms. The Kier molecular flexibility index (Phi) is 14.7. The Morgan fingerprint density at radius 1 is 0.607 bits per heavy atom. The van der Waals surface area contributed by atoms with Crippen LogP contribution in [0.15, 0.2) is 24.3 Å². The van der Waals surface area contributed by atoms with Gasteiger partial charge in [0.2, 0.25) is 0 Å². The van der Waals surface area contributed by atoms with Gasteiger partial charge in [-0.25, -0.2) is 0 Å². The normalized spacial score (nSPS) is 9.64. The predicted octanol–water partition coefficient (Wildman–Crippen LogP) is 9.21. The van der Waals surface area contributed by atoms with Crippen molar-refractivity contribution < 1.29 is 9.47 Å². The second-order valence-corrected chi connectivity index (χ2v) is 6.94. The third-order valence-corrected chi connectivity index (χ3v) is 5.43. The van der Waals surface area contributed by atoms with E-state index < -0.39 is 0 Å². The largest absolute Gasteiger partial charge is 0.493 e. The summed E-state index contributed by atoms with van der Waals surface area (Å²) in [5.74, 6) is 1.51. The van der Waals surface area contributed by atoms with Crippen molar-refractivity contribution in [3.8, 4) is 11.5 Å². The van der Waals surface area contributed by atoms with Gasteiger partial charge >= 0.3 is 0 Å². The highest BCUT2D eigenvalue weighted by atomic mass is 35.5. The topological polar surface area (TPSA) is 18.5 Å². The van der Waals surface area contributed by atoms with Gasteiger partial charge in [-0.3, -0.25) is 0 Å². The quantitative estimate of drug-likeness (QED) is 0.377. The van der Waals surface area contributed by atoms with Gasteiger partial charge < -0.3 is 9.47 Å². The summed E-state index contributed by atoms with van der Waals surface area (Å²) in [6.07, 6.45) is 1.72. The van der Waals surface area contributed by atoms with E-state index in [0.717, 1.165) is 35.5 Å². The Hall–Kier alpha value is -0.800. The number of ether oxygens (including phenoxy) is 2. The van der Waals surface area contributed by atoms with Gasteiger partial charge in [-0.15, -0.1) is 0 Å². The van der Waals surface area contributed by atoms with Crippen LogP contribution in [0.2, 0.25) is 20.1 Å². The molecule has 0 aromatic heterocycles. The molecule has 0 aliphatic heterocycles. The maximum absolute atomic E-state index is 6.10. The molecule has 0 saturated heterocycles. The van der Waals surface area contributed by atoms with Crippen LogP contribution >= 0.6 is 46.4 Å². The van der Waals surface area contributed by atoms with Crippen LogP contribution in [-0.4, -0.2) is 13.2 Å². The van der Waals surface area contributed by atoms with Crippen LogP contribution in [0.1, 0.15) is 51.7 Å². The van der Waals surface area contributed by atoms with Crippen molar-refractivity contribution in [2.45, 2.75) is 54.4 Å². The van der Waals surface area contributed by atoms with E-state index in [4.69, 9.17) is 55.9 Å². The molecule has 0 N–H and O–H groups in total. The average Bonchev–Trinajstić information content (AvgIpc) is 2.73. The third kappa shape index (κ3) is 8.29. The Morgan fingerprint density at radius 2 is 0.929 bits per heavy atom. The molecule has 28 heavy (non-hydrogen) atoms. The van der Waals surface area contributed by atoms with Gasteiger partial charge in [-0.05, 0) is 51.0 Å². The lowest BCUT2D eigenvalue weighted by Crippen LogP contribution is -2.04.